The molecule has 0 aliphatic carbocycles. The summed E-state index contributed by atoms with van der Waals surface area (Å²) in [5.41, 5.74) is 1.50. The van der Waals surface area contributed by atoms with Gasteiger partial charge < -0.3 is 19.8 Å². The van der Waals surface area contributed by atoms with Crippen molar-refractivity contribution in [1.29, 1.82) is 0 Å². The minimum atomic E-state index is -0.404. The molecule has 1 heterocycles. The zero-order valence-electron chi connectivity index (χ0n) is 16.9. The molecule has 6 heteroatoms. The molecule has 1 aromatic heterocycles. The Morgan fingerprint density at radius 1 is 1.03 bits per heavy atom. The summed E-state index contributed by atoms with van der Waals surface area (Å²) in [5.74, 6) is 0.430. The van der Waals surface area contributed by atoms with Gasteiger partial charge in [-0.1, -0.05) is 37.3 Å². The summed E-state index contributed by atoms with van der Waals surface area (Å²) in [5, 5.41) is 5.69. The monoisotopic (exact) mass is 404 g/mol. The third-order valence-electron chi connectivity index (χ3n) is 4.59. The van der Waals surface area contributed by atoms with Crippen molar-refractivity contribution in [1.82, 2.24) is 10.6 Å². The van der Waals surface area contributed by atoms with Crippen LogP contribution in [0.1, 0.15) is 41.1 Å². The molecule has 30 heavy (non-hydrogen) atoms. The Kier molecular flexibility index (Phi) is 7.05. The van der Waals surface area contributed by atoms with Crippen LogP contribution >= 0.6 is 0 Å². The van der Waals surface area contributed by atoms with Crippen molar-refractivity contribution in [3.8, 4) is 5.75 Å². The number of hydrogen-bond acceptors (Lipinski definition) is 4. The van der Waals surface area contributed by atoms with Crippen LogP contribution in [0.25, 0.3) is 6.08 Å². The molecule has 2 N–H and O–H groups in total. The van der Waals surface area contributed by atoms with Crippen LogP contribution in [-0.2, 0) is 4.79 Å². The zero-order valence-corrected chi connectivity index (χ0v) is 16.9. The number of carbonyl (C=O) groups is 2. The van der Waals surface area contributed by atoms with E-state index in [2.05, 4.69) is 10.6 Å². The highest BCUT2D eigenvalue weighted by Crippen LogP contribution is 2.20. The van der Waals surface area contributed by atoms with E-state index in [1.165, 1.54) is 12.3 Å². The zero-order chi connectivity index (χ0) is 21.3. The number of amides is 2. The van der Waals surface area contributed by atoms with Gasteiger partial charge in [0.2, 0.25) is 0 Å². The molecule has 0 radical (unpaired) electrons. The fourth-order valence-electron chi connectivity index (χ4n) is 2.95. The summed E-state index contributed by atoms with van der Waals surface area (Å²) < 4.78 is 10.5. The van der Waals surface area contributed by atoms with Gasteiger partial charge in [0.05, 0.1) is 19.4 Å². The largest absolute Gasteiger partial charge is 0.497 e. The summed E-state index contributed by atoms with van der Waals surface area (Å²) in [7, 11) is 1.61. The van der Waals surface area contributed by atoms with Gasteiger partial charge in [0.15, 0.2) is 0 Å². The number of methoxy groups -OCH3 is 1. The van der Waals surface area contributed by atoms with E-state index in [1.54, 1.807) is 43.5 Å². The minimum absolute atomic E-state index is 0.103. The van der Waals surface area contributed by atoms with Crippen molar-refractivity contribution < 1.29 is 18.7 Å². The van der Waals surface area contributed by atoms with Crippen LogP contribution < -0.4 is 15.4 Å². The smallest absolute Gasteiger partial charge is 0.268 e. The standard InChI is InChI=1S/C24H24N2O4/c1-3-21(17-11-13-19(29-2)14-12-17)25-24(28)22(16-20-10-7-15-30-20)26-23(27)18-8-5-4-6-9-18/h4-16,21H,3H2,1-2H3,(H,25,28)(H,26,27)/b22-16-/t21-/m1/s1. The van der Waals surface area contributed by atoms with E-state index >= 15 is 0 Å². The van der Waals surface area contributed by atoms with Crippen molar-refractivity contribution in [3.05, 3.63) is 95.6 Å². The Morgan fingerprint density at radius 2 is 1.77 bits per heavy atom. The van der Waals surface area contributed by atoms with Crippen molar-refractivity contribution >= 4 is 17.9 Å². The Bertz CT molecular complexity index is 993. The molecule has 0 spiro atoms. The summed E-state index contributed by atoms with van der Waals surface area (Å²) in [6.45, 7) is 1.98. The van der Waals surface area contributed by atoms with E-state index in [1.807, 2.05) is 37.3 Å². The van der Waals surface area contributed by atoms with Gasteiger partial charge in [0, 0.05) is 11.6 Å². The lowest BCUT2D eigenvalue weighted by atomic mass is 10.0. The van der Waals surface area contributed by atoms with Gasteiger partial charge in [-0.25, -0.2) is 0 Å². The second kappa shape index (κ2) is 10.1. The average Bonchev–Trinajstić information content (AvgIpc) is 3.30. The molecule has 0 bridgehead atoms. The number of ether oxygens (including phenoxy) is 1. The lowest BCUT2D eigenvalue weighted by Crippen LogP contribution is -2.36. The third kappa shape index (κ3) is 5.38. The number of nitrogens with one attached hydrogen (secondary N) is 2. The lowest BCUT2D eigenvalue weighted by Gasteiger charge is -2.19. The number of benzene rings is 2. The van der Waals surface area contributed by atoms with Crippen molar-refractivity contribution in [2.45, 2.75) is 19.4 Å². The number of rotatable bonds is 8. The van der Waals surface area contributed by atoms with Gasteiger partial charge in [-0.15, -0.1) is 0 Å². The Hall–Kier alpha value is -3.80. The number of carbonyl (C=O) groups excluding carboxylic acids is 2. The normalized spacial score (nSPS) is 12.1. The first-order valence-electron chi connectivity index (χ1n) is 9.67. The molecule has 3 rings (SSSR count). The first kappa shape index (κ1) is 20.9. The summed E-state index contributed by atoms with van der Waals surface area (Å²) in [6, 6.07) is 19.4. The molecule has 1 atom stereocenters. The highest BCUT2D eigenvalue weighted by Gasteiger charge is 2.19. The van der Waals surface area contributed by atoms with Crippen LogP contribution in [0.3, 0.4) is 0 Å². The summed E-state index contributed by atoms with van der Waals surface area (Å²) >= 11 is 0. The van der Waals surface area contributed by atoms with Crippen LogP contribution in [0.4, 0.5) is 0 Å². The quantitative estimate of drug-likeness (QED) is 0.548. The Labute approximate surface area is 175 Å². The Balaban J connectivity index is 1.81. The topological polar surface area (TPSA) is 80.6 Å². The highest BCUT2D eigenvalue weighted by molar-refractivity contribution is 6.05. The molecule has 0 aliphatic rings. The lowest BCUT2D eigenvalue weighted by molar-refractivity contribution is -0.118. The van der Waals surface area contributed by atoms with Gasteiger partial charge in [-0.2, -0.15) is 0 Å². The SMILES string of the molecule is CC[C@@H](NC(=O)/C(=C/c1ccco1)NC(=O)c1ccccc1)c1ccc(OC)cc1. The molecule has 0 unspecified atom stereocenters. The van der Waals surface area contributed by atoms with Crippen molar-refractivity contribution in [3.63, 3.8) is 0 Å². The maximum Gasteiger partial charge on any atom is 0.268 e. The maximum atomic E-state index is 13.0. The van der Waals surface area contributed by atoms with E-state index in [4.69, 9.17) is 9.15 Å². The molecular formula is C24H24N2O4. The molecule has 0 fully saturated rings. The minimum Gasteiger partial charge on any atom is -0.497 e. The molecule has 3 aromatic rings. The third-order valence-corrected chi connectivity index (χ3v) is 4.59. The molecular weight excluding hydrogens is 380 g/mol. The molecule has 0 saturated carbocycles. The van der Waals surface area contributed by atoms with E-state index in [0.717, 1.165) is 11.3 Å². The summed E-state index contributed by atoms with van der Waals surface area (Å²) in [4.78, 5) is 25.6. The Morgan fingerprint density at radius 3 is 2.37 bits per heavy atom. The predicted octanol–water partition coefficient (Wildman–Crippen LogP) is 4.33. The van der Waals surface area contributed by atoms with E-state index in [-0.39, 0.29) is 17.6 Å². The van der Waals surface area contributed by atoms with Gasteiger partial charge in [0.1, 0.15) is 17.2 Å². The first-order chi connectivity index (χ1) is 14.6. The second-order valence-corrected chi connectivity index (χ2v) is 6.60. The van der Waals surface area contributed by atoms with Gasteiger partial charge in [0.25, 0.3) is 11.8 Å². The van der Waals surface area contributed by atoms with Crippen LogP contribution in [0.5, 0.6) is 5.75 Å². The molecule has 2 amide bonds. The highest BCUT2D eigenvalue weighted by atomic mass is 16.5. The second-order valence-electron chi connectivity index (χ2n) is 6.60. The van der Waals surface area contributed by atoms with Crippen LogP contribution in [-0.4, -0.2) is 18.9 Å². The van der Waals surface area contributed by atoms with Crippen LogP contribution in [0.15, 0.2) is 83.1 Å². The van der Waals surface area contributed by atoms with E-state index in [0.29, 0.717) is 17.7 Å². The van der Waals surface area contributed by atoms with Gasteiger partial charge in [-0.05, 0) is 48.4 Å². The van der Waals surface area contributed by atoms with Gasteiger partial charge in [-0.3, -0.25) is 9.59 Å². The first-order valence-corrected chi connectivity index (χ1v) is 9.67. The summed E-state index contributed by atoms with van der Waals surface area (Å²) in [6.07, 6.45) is 3.70. The average molecular weight is 404 g/mol. The van der Waals surface area contributed by atoms with Crippen LogP contribution in [0.2, 0.25) is 0 Å². The fraction of sp³-hybridized carbons (Fsp3) is 0.167. The van der Waals surface area contributed by atoms with Crippen molar-refractivity contribution in [2.24, 2.45) is 0 Å². The molecule has 0 saturated heterocycles. The molecule has 154 valence electrons. The van der Waals surface area contributed by atoms with E-state index < -0.39 is 5.91 Å². The van der Waals surface area contributed by atoms with Gasteiger partial charge >= 0.3 is 0 Å². The predicted molar refractivity (Wildman–Crippen MR) is 115 cm³/mol. The van der Waals surface area contributed by atoms with Crippen LogP contribution in [0, 0.1) is 0 Å². The molecule has 2 aromatic carbocycles. The maximum absolute atomic E-state index is 13.0. The van der Waals surface area contributed by atoms with E-state index in [9.17, 15) is 9.59 Å². The molecule has 6 nitrogen and oxygen atoms in total. The fourth-order valence-corrected chi connectivity index (χ4v) is 2.95. The van der Waals surface area contributed by atoms with Crippen molar-refractivity contribution in [2.75, 3.05) is 7.11 Å². The number of furan rings is 1. The molecule has 0 aliphatic heterocycles. The number of hydrogen-bond donors (Lipinski definition) is 2.